The fourth-order valence-corrected chi connectivity index (χ4v) is 4.69. The van der Waals surface area contributed by atoms with Crippen LogP contribution in [-0.2, 0) is 10.2 Å². The van der Waals surface area contributed by atoms with Crippen molar-refractivity contribution in [3.8, 4) is 11.4 Å². The van der Waals surface area contributed by atoms with Crippen LogP contribution < -0.4 is 0 Å². The van der Waals surface area contributed by atoms with E-state index in [9.17, 15) is 4.79 Å². The van der Waals surface area contributed by atoms with Crippen LogP contribution in [0.25, 0.3) is 11.4 Å². The third-order valence-corrected chi connectivity index (χ3v) is 6.99. The van der Waals surface area contributed by atoms with Crippen molar-refractivity contribution in [2.45, 2.75) is 45.1 Å². The smallest absolute Gasteiger partial charge is 0.244 e. The van der Waals surface area contributed by atoms with Gasteiger partial charge in [-0.25, -0.2) is 0 Å². The van der Waals surface area contributed by atoms with Crippen LogP contribution in [0.2, 0.25) is 0 Å². The molecule has 1 unspecified atom stereocenters. The third kappa shape index (κ3) is 3.84. The summed E-state index contributed by atoms with van der Waals surface area (Å²) in [5, 5.41) is 4.18. The Morgan fingerprint density at radius 2 is 1.72 bits per heavy atom. The standard InChI is InChI=1S/C26H30N4O2/c1-18-7-9-21(10-8-18)23-27-24(32-28-23)20(3)29-13-15-30(16-14-29)25(31)26(11-12-26)22-6-4-5-19(2)17-22/h4-10,17,20H,11-16H2,1-3H3. The minimum atomic E-state index is -0.296. The first-order valence-corrected chi connectivity index (χ1v) is 11.5. The average molecular weight is 431 g/mol. The first kappa shape index (κ1) is 20.9. The number of carbonyl (C=O) groups is 1. The molecule has 166 valence electrons. The Morgan fingerprint density at radius 3 is 2.38 bits per heavy atom. The zero-order valence-electron chi connectivity index (χ0n) is 19.0. The van der Waals surface area contributed by atoms with Crippen molar-refractivity contribution in [2.24, 2.45) is 0 Å². The summed E-state index contributed by atoms with van der Waals surface area (Å²) in [4.78, 5) is 22.4. The molecule has 6 nitrogen and oxygen atoms in total. The number of hydrogen-bond acceptors (Lipinski definition) is 5. The van der Waals surface area contributed by atoms with E-state index >= 15 is 0 Å². The third-order valence-electron chi connectivity index (χ3n) is 6.99. The first-order chi connectivity index (χ1) is 15.5. The van der Waals surface area contributed by atoms with Gasteiger partial charge in [-0.1, -0.05) is 64.8 Å². The number of hydrogen-bond donors (Lipinski definition) is 0. The van der Waals surface area contributed by atoms with Gasteiger partial charge in [0.2, 0.25) is 17.6 Å². The summed E-state index contributed by atoms with van der Waals surface area (Å²) in [6.45, 7) is 9.32. The molecular formula is C26H30N4O2. The SMILES string of the molecule is Cc1ccc(-c2noc(C(C)N3CCN(C(=O)C4(c5cccc(C)c5)CC4)CC3)n2)cc1. The molecule has 0 N–H and O–H groups in total. The fourth-order valence-electron chi connectivity index (χ4n) is 4.69. The Hall–Kier alpha value is -2.99. The molecule has 1 aliphatic heterocycles. The monoisotopic (exact) mass is 430 g/mol. The number of amides is 1. The summed E-state index contributed by atoms with van der Waals surface area (Å²) in [6, 6.07) is 16.6. The van der Waals surface area contributed by atoms with Crippen molar-refractivity contribution in [1.29, 1.82) is 0 Å². The van der Waals surface area contributed by atoms with E-state index in [1.807, 2.05) is 17.0 Å². The minimum Gasteiger partial charge on any atom is -0.339 e. The number of benzene rings is 2. The Morgan fingerprint density at radius 1 is 1.00 bits per heavy atom. The summed E-state index contributed by atoms with van der Waals surface area (Å²) in [5.41, 5.74) is 4.25. The molecule has 2 fully saturated rings. The van der Waals surface area contributed by atoms with Gasteiger partial charge in [0.05, 0.1) is 11.5 Å². The lowest BCUT2D eigenvalue weighted by atomic mass is 9.92. The van der Waals surface area contributed by atoms with Gasteiger partial charge in [0, 0.05) is 31.7 Å². The van der Waals surface area contributed by atoms with Crippen LogP contribution in [0.3, 0.4) is 0 Å². The molecule has 0 spiro atoms. The quantitative estimate of drug-likeness (QED) is 0.604. The van der Waals surface area contributed by atoms with Gasteiger partial charge in [-0.05, 0) is 39.2 Å². The van der Waals surface area contributed by atoms with E-state index in [2.05, 4.69) is 72.2 Å². The van der Waals surface area contributed by atoms with E-state index in [4.69, 9.17) is 4.52 Å². The van der Waals surface area contributed by atoms with Crippen LogP contribution in [0.15, 0.2) is 53.1 Å². The highest BCUT2D eigenvalue weighted by molar-refractivity contribution is 5.91. The minimum absolute atomic E-state index is 0.0191. The maximum Gasteiger partial charge on any atom is 0.244 e. The molecule has 1 saturated carbocycles. The van der Waals surface area contributed by atoms with Gasteiger partial charge in [0.15, 0.2) is 0 Å². The van der Waals surface area contributed by atoms with Gasteiger partial charge in [-0.3, -0.25) is 9.69 Å². The van der Waals surface area contributed by atoms with E-state index in [0.29, 0.717) is 11.7 Å². The van der Waals surface area contributed by atoms with Crippen LogP contribution in [0.4, 0.5) is 0 Å². The van der Waals surface area contributed by atoms with Crippen molar-refractivity contribution in [2.75, 3.05) is 26.2 Å². The molecule has 32 heavy (non-hydrogen) atoms. The number of aromatic nitrogens is 2. The number of aryl methyl sites for hydroxylation is 2. The van der Waals surface area contributed by atoms with Gasteiger partial charge in [-0.15, -0.1) is 0 Å². The molecule has 1 aromatic heterocycles. The summed E-state index contributed by atoms with van der Waals surface area (Å²) >= 11 is 0. The first-order valence-electron chi connectivity index (χ1n) is 11.5. The predicted molar refractivity (Wildman–Crippen MR) is 123 cm³/mol. The number of rotatable bonds is 5. The zero-order chi connectivity index (χ0) is 22.3. The summed E-state index contributed by atoms with van der Waals surface area (Å²) in [6.07, 6.45) is 1.91. The lowest BCUT2D eigenvalue weighted by molar-refractivity contribution is -0.136. The van der Waals surface area contributed by atoms with Gasteiger partial charge in [0.1, 0.15) is 0 Å². The molecule has 0 bridgehead atoms. The van der Waals surface area contributed by atoms with E-state index in [-0.39, 0.29) is 17.4 Å². The molecule has 1 aliphatic carbocycles. The molecule has 1 atom stereocenters. The Labute approximate surface area is 189 Å². The molecule has 3 aromatic rings. The number of nitrogens with zero attached hydrogens (tertiary/aromatic N) is 4. The maximum absolute atomic E-state index is 13.4. The summed E-state index contributed by atoms with van der Waals surface area (Å²) < 4.78 is 5.59. The highest BCUT2D eigenvalue weighted by Gasteiger charge is 2.53. The molecule has 2 aliphatic rings. The Balaban J connectivity index is 1.22. The molecule has 1 amide bonds. The zero-order valence-corrected chi connectivity index (χ0v) is 19.0. The molecule has 2 aromatic carbocycles. The van der Waals surface area contributed by atoms with Gasteiger partial charge in [0.25, 0.3) is 0 Å². The molecule has 6 heteroatoms. The molecule has 2 heterocycles. The van der Waals surface area contributed by atoms with Crippen LogP contribution in [-0.4, -0.2) is 52.0 Å². The number of piperazine rings is 1. The lowest BCUT2D eigenvalue weighted by Crippen LogP contribution is -2.52. The van der Waals surface area contributed by atoms with E-state index in [1.165, 1.54) is 16.7 Å². The van der Waals surface area contributed by atoms with Crippen molar-refractivity contribution in [3.05, 3.63) is 71.1 Å². The van der Waals surface area contributed by atoms with E-state index < -0.39 is 0 Å². The molecular weight excluding hydrogens is 400 g/mol. The number of carbonyl (C=O) groups excluding carboxylic acids is 1. The topological polar surface area (TPSA) is 62.5 Å². The van der Waals surface area contributed by atoms with Crippen molar-refractivity contribution in [1.82, 2.24) is 19.9 Å². The van der Waals surface area contributed by atoms with Gasteiger partial charge in [-0.2, -0.15) is 4.98 Å². The van der Waals surface area contributed by atoms with Crippen molar-refractivity contribution < 1.29 is 9.32 Å². The van der Waals surface area contributed by atoms with Crippen molar-refractivity contribution >= 4 is 5.91 Å². The van der Waals surface area contributed by atoms with Gasteiger partial charge >= 0.3 is 0 Å². The van der Waals surface area contributed by atoms with E-state index in [1.54, 1.807) is 0 Å². The van der Waals surface area contributed by atoms with E-state index in [0.717, 1.165) is 44.6 Å². The molecule has 1 saturated heterocycles. The van der Waals surface area contributed by atoms with Gasteiger partial charge < -0.3 is 9.42 Å². The lowest BCUT2D eigenvalue weighted by Gasteiger charge is -2.38. The largest absolute Gasteiger partial charge is 0.339 e. The predicted octanol–water partition coefficient (Wildman–Crippen LogP) is 4.29. The van der Waals surface area contributed by atoms with Crippen LogP contribution in [0.5, 0.6) is 0 Å². The Bertz CT molecular complexity index is 1110. The second-order valence-corrected chi connectivity index (χ2v) is 9.28. The maximum atomic E-state index is 13.4. The normalized spacial score (nSPS) is 19.0. The summed E-state index contributed by atoms with van der Waals surface area (Å²) in [7, 11) is 0. The fraction of sp³-hybridized carbons (Fsp3) is 0.423. The second-order valence-electron chi connectivity index (χ2n) is 9.28. The summed E-state index contributed by atoms with van der Waals surface area (Å²) in [5.74, 6) is 1.53. The van der Waals surface area contributed by atoms with Crippen LogP contribution in [0.1, 0.15) is 48.4 Å². The Kier molecular flexibility index (Phi) is 5.33. The average Bonchev–Trinajstić information content (AvgIpc) is 3.48. The highest BCUT2D eigenvalue weighted by atomic mass is 16.5. The van der Waals surface area contributed by atoms with Crippen LogP contribution in [0, 0.1) is 13.8 Å². The highest BCUT2D eigenvalue weighted by Crippen LogP contribution is 2.50. The van der Waals surface area contributed by atoms with Crippen molar-refractivity contribution in [3.63, 3.8) is 0 Å². The molecule has 5 rings (SSSR count). The van der Waals surface area contributed by atoms with Crippen LogP contribution >= 0.6 is 0 Å². The molecule has 0 radical (unpaired) electrons. The second kappa shape index (κ2) is 8.17.